The number of ketones is 1. The van der Waals surface area contributed by atoms with Crippen LogP contribution in [0.1, 0.15) is 64.4 Å². The van der Waals surface area contributed by atoms with Crippen molar-refractivity contribution in [1.82, 2.24) is 9.97 Å². The molecule has 17 nitrogen and oxygen atoms in total. The van der Waals surface area contributed by atoms with Crippen LogP contribution < -0.4 is 25.1 Å². The summed E-state index contributed by atoms with van der Waals surface area (Å²) in [6.07, 6.45) is 5.24. The van der Waals surface area contributed by atoms with E-state index in [1.54, 1.807) is 64.2 Å². The number of aliphatic hydroxyl groups excluding tert-OH is 2. The van der Waals surface area contributed by atoms with Crippen molar-refractivity contribution in [2.45, 2.75) is 85.6 Å². The second kappa shape index (κ2) is 19.8. The van der Waals surface area contributed by atoms with Crippen LogP contribution in [0.3, 0.4) is 0 Å². The molecule has 1 aromatic heterocycles. The molecule has 17 heteroatoms. The summed E-state index contributed by atoms with van der Waals surface area (Å²) >= 11 is 0. The molecule has 1 aliphatic carbocycles. The monoisotopic (exact) mass is 934 g/mol. The van der Waals surface area contributed by atoms with Crippen molar-refractivity contribution in [1.29, 1.82) is 0 Å². The third-order valence-electron chi connectivity index (χ3n) is 13.0. The number of aromatic nitrogens is 2. The smallest absolute Gasteiger partial charge is 0.312 e. The summed E-state index contributed by atoms with van der Waals surface area (Å²) in [4.78, 5) is 67.2. The number of hydrogen-bond donors (Lipinski definition) is 4. The van der Waals surface area contributed by atoms with E-state index in [9.17, 15) is 34.5 Å². The van der Waals surface area contributed by atoms with Crippen LogP contribution >= 0.6 is 0 Å². The number of esters is 1. The summed E-state index contributed by atoms with van der Waals surface area (Å²) in [5.74, 6) is -6.19. The molecule has 9 atom stereocenters. The van der Waals surface area contributed by atoms with Crippen molar-refractivity contribution in [2.75, 3.05) is 37.5 Å². The molecule has 0 saturated carbocycles. The molecule has 0 saturated heterocycles. The summed E-state index contributed by atoms with van der Waals surface area (Å²) in [7, 11) is 3.33. The molecule has 4 heterocycles. The predicted molar refractivity (Wildman–Crippen MR) is 254 cm³/mol. The van der Waals surface area contributed by atoms with E-state index in [0.29, 0.717) is 17.8 Å². The zero-order valence-corrected chi connectivity index (χ0v) is 39.7. The van der Waals surface area contributed by atoms with Gasteiger partial charge in [-0.15, -0.1) is 0 Å². The van der Waals surface area contributed by atoms with E-state index < -0.39 is 82.7 Å². The lowest BCUT2D eigenvalue weighted by Gasteiger charge is -2.38. The molecular formula is C51H58N4O13. The fraction of sp³-hybridized carbons (Fsp3) is 0.412. The number of anilines is 2. The number of Topliss-reactive ketones (excluding diaryl/α,β-unsaturated/α-hetero) is 1. The van der Waals surface area contributed by atoms with Crippen molar-refractivity contribution >= 4 is 51.0 Å². The van der Waals surface area contributed by atoms with E-state index in [1.165, 1.54) is 53.2 Å². The Kier molecular flexibility index (Phi) is 14.3. The molecule has 0 spiro atoms. The number of methoxy groups -OCH3 is 1. The van der Waals surface area contributed by atoms with E-state index >= 15 is 0 Å². The Morgan fingerprint density at radius 2 is 1.74 bits per heavy atom. The minimum Gasteiger partial charge on any atom is -0.507 e. The van der Waals surface area contributed by atoms with E-state index in [1.807, 2.05) is 30.1 Å². The Morgan fingerprint density at radius 3 is 2.43 bits per heavy atom. The maximum Gasteiger partial charge on any atom is 0.312 e. The van der Waals surface area contributed by atoms with Gasteiger partial charge in [-0.3, -0.25) is 19.2 Å². The number of aliphatic hydroxyl groups is 2. The van der Waals surface area contributed by atoms with Crippen molar-refractivity contribution in [2.24, 2.45) is 23.7 Å². The van der Waals surface area contributed by atoms with Crippen LogP contribution in [0.4, 0.5) is 11.5 Å². The molecule has 3 aromatic rings. The van der Waals surface area contributed by atoms with Crippen LogP contribution in [0.25, 0.3) is 33.3 Å². The summed E-state index contributed by atoms with van der Waals surface area (Å²) in [6, 6.07) is 10.5. The number of likely N-dealkylation sites (N-methyl/N-ethyl adjacent to an activating group) is 1. The molecule has 68 heavy (non-hydrogen) atoms. The number of phenolic OH excluding ortho intramolecular Hbond substituents is 1. The van der Waals surface area contributed by atoms with Crippen molar-refractivity contribution < 1.29 is 57.8 Å². The molecular weight excluding hydrogens is 877 g/mol. The van der Waals surface area contributed by atoms with E-state index in [4.69, 9.17) is 33.1 Å². The molecule has 4 aliphatic rings. The highest BCUT2D eigenvalue weighted by Gasteiger charge is 2.50. The van der Waals surface area contributed by atoms with Gasteiger partial charge in [0.15, 0.2) is 11.3 Å². The van der Waals surface area contributed by atoms with E-state index in [0.717, 1.165) is 5.82 Å². The number of phenols is 1. The van der Waals surface area contributed by atoms with Crippen LogP contribution in [-0.2, 0) is 23.8 Å². The van der Waals surface area contributed by atoms with E-state index in [-0.39, 0.29) is 62.6 Å². The molecule has 0 radical (unpaired) electrons. The number of hydrogen-bond acceptors (Lipinski definition) is 16. The molecule has 4 N–H and O–H groups in total. The van der Waals surface area contributed by atoms with Gasteiger partial charge in [0.2, 0.25) is 5.43 Å². The van der Waals surface area contributed by atoms with Gasteiger partial charge < -0.3 is 53.6 Å². The molecule has 4 bridgehead atoms. The van der Waals surface area contributed by atoms with Gasteiger partial charge in [-0.05, 0) is 44.2 Å². The first-order chi connectivity index (χ1) is 32.3. The largest absolute Gasteiger partial charge is 0.507 e. The molecule has 360 valence electrons. The Bertz CT molecular complexity index is 2860. The summed E-state index contributed by atoms with van der Waals surface area (Å²) in [5.41, 5.74) is -0.685. The minimum atomic E-state index is -2.05. The quantitative estimate of drug-likeness (QED) is 0.0742. The highest BCUT2D eigenvalue weighted by molar-refractivity contribution is 6.22. The highest BCUT2D eigenvalue weighted by atomic mass is 16.7. The Morgan fingerprint density at radius 1 is 0.985 bits per heavy atom. The third kappa shape index (κ3) is 9.37. The Balaban J connectivity index is 1.38. The lowest BCUT2D eigenvalue weighted by molar-refractivity contribution is -0.160. The van der Waals surface area contributed by atoms with Gasteiger partial charge in [0.1, 0.15) is 52.7 Å². The van der Waals surface area contributed by atoms with E-state index in [2.05, 4.69) is 10.3 Å². The number of nitrogens with one attached hydrogen (secondary N) is 1. The first-order valence-electron chi connectivity index (χ1n) is 22.4. The third-order valence-corrected chi connectivity index (χ3v) is 13.0. The number of fused-ring (bicyclic) bond motifs is 2. The zero-order chi connectivity index (χ0) is 49.4. The van der Waals surface area contributed by atoms with Crippen LogP contribution in [0, 0.1) is 30.6 Å². The summed E-state index contributed by atoms with van der Waals surface area (Å²) in [6.45, 7) is 13.3. The number of ether oxygens (including phenoxy) is 5. The first kappa shape index (κ1) is 49.1. The SMILES string of the molecule is CO[C@H]1/C=C/O[C@@]2(C)Oc3c(C)c(O)c4c(=O)c(c5oc6cc(OCCN(C)c7ccccn7)ccc6nc-5c4c3C2=O)NC(=O)/C(C)=C\C=C\[C@H](C)[C@H](O)[C@@H](C)[C@@H](O)[C@@H](C)[C@H](OC(C)=O)[C@@H]1C. The number of amides is 1. The molecule has 2 aromatic carbocycles. The average Bonchev–Trinajstić information content (AvgIpc) is 3.59. The van der Waals surface area contributed by atoms with Crippen LogP contribution in [0.2, 0.25) is 0 Å². The maximum absolute atomic E-state index is 14.8. The van der Waals surface area contributed by atoms with Crippen molar-refractivity contribution in [3.8, 4) is 28.7 Å². The van der Waals surface area contributed by atoms with Crippen molar-refractivity contribution in [3.05, 3.63) is 100 Å². The predicted octanol–water partition coefficient (Wildman–Crippen LogP) is 6.86. The second-order valence-electron chi connectivity index (χ2n) is 17.8. The normalized spacial score (nSPS) is 27.6. The molecule has 0 unspecified atom stereocenters. The average molecular weight is 935 g/mol. The van der Waals surface area contributed by atoms with Gasteiger partial charge in [0, 0.05) is 80.5 Å². The molecule has 3 aliphatic heterocycles. The number of carbonyl (C=O) groups is 3. The lowest BCUT2D eigenvalue weighted by Crippen LogP contribution is -2.46. The number of aromatic hydroxyl groups is 1. The van der Waals surface area contributed by atoms with Gasteiger partial charge >= 0.3 is 11.8 Å². The number of nitrogens with zero attached hydrogens (tertiary/aromatic N) is 3. The number of rotatable bonds is 7. The van der Waals surface area contributed by atoms with Crippen molar-refractivity contribution in [3.63, 3.8) is 0 Å². The van der Waals surface area contributed by atoms with Crippen LogP contribution in [-0.4, -0.2) is 100 Å². The Hall–Kier alpha value is -6.82. The van der Waals surface area contributed by atoms with Gasteiger partial charge in [0.05, 0.1) is 42.1 Å². The minimum absolute atomic E-state index is 0.0367. The van der Waals surface area contributed by atoms with Crippen LogP contribution in [0.15, 0.2) is 87.9 Å². The summed E-state index contributed by atoms with van der Waals surface area (Å²) in [5, 5.41) is 37.2. The standard InChI is InChI=1S/C51H58N4O13/c1-25-14-13-15-26(2)50(62)54-41-45(60)38-37(40-48(41)67-35-24-32(17-18-33(35)53-40)64-23-21-55(9)36-16-11-12-20-52-36)39-47(30(6)44(38)59)68-51(8,49(39)61)65-22-19-34(63-10)27(3)46(66-31(7)56)29(5)43(58)28(4)42(25)57/h11-20,22,24-25,27-29,34,42-43,46,57-59H,21,23H2,1-10H3,(H,54,62)/b14-13+,22-19+,26-15-/t25-,27+,28+,29+,34-,42-,43+,46+,51-/m0/s1. The number of allylic oxidation sites excluding steroid dienone is 2. The van der Waals surface area contributed by atoms with Gasteiger partial charge in [-0.25, -0.2) is 9.97 Å². The number of benzene rings is 3. The molecule has 0 fully saturated rings. The topological polar surface area (TPSA) is 229 Å². The fourth-order valence-electron chi connectivity index (χ4n) is 8.87. The Labute approximate surface area is 393 Å². The summed E-state index contributed by atoms with van der Waals surface area (Å²) < 4.78 is 36.5. The molecule has 1 amide bonds. The second-order valence-corrected chi connectivity index (χ2v) is 17.8. The van der Waals surface area contributed by atoms with Gasteiger partial charge in [0.25, 0.3) is 11.7 Å². The van der Waals surface area contributed by atoms with Crippen LogP contribution in [0.5, 0.6) is 17.2 Å². The first-order valence-corrected chi connectivity index (χ1v) is 22.4. The van der Waals surface area contributed by atoms with Gasteiger partial charge in [-0.1, -0.05) is 52.0 Å². The van der Waals surface area contributed by atoms with Gasteiger partial charge in [-0.2, -0.15) is 0 Å². The maximum atomic E-state index is 14.8. The zero-order valence-electron chi connectivity index (χ0n) is 39.7. The number of pyridine rings is 1. The molecule has 7 rings (SSSR count). The fourth-order valence-corrected chi connectivity index (χ4v) is 8.87. The lowest BCUT2D eigenvalue weighted by atomic mass is 9.78. The highest BCUT2D eigenvalue weighted by Crippen LogP contribution is 2.50. The number of carbonyl (C=O) groups excluding carboxylic acids is 3.